The first-order valence-corrected chi connectivity index (χ1v) is 47.0. The molecule has 0 saturated carbocycles. The predicted octanol–water partition coefficient (Wildman–Crippen LogP) is 5.96. The molecule has 4 unspecified atom stereocenters. The first-order valence-electron chi connectivity index (χ1n) is 26.4. The average molecular weight is 1240 g/mol. The van der Waals surface area contributed by atoms with Gasteiger partial charge in [-0.25, -0.2) is 0 Å². The van der Waals surface area contributed by atoms with Crippen molar-refractivity contribution in [1.82, 2.24) is 0 Å². The standard InChI is InChI=1S/C56H64O14Si10/c1-57-73(49-33-17-9-18-34-49)61-77(53-41-25-13-26-42-53)65-75(59-71(3,4)5,51-37-21-11-22-38-51)66-78(62-73,54-43-27-14-28-44-54)70-80(56-47-31-16-32-48-56)64-74(58-2,50-35-19-10-20-36-50)63-79(69-77,55-45-29-15-30-46-55)67-76(68-80,60-72(6,7)8)52-39-23-12-24-40-52/h9-48H,1-8H3. The number of hydrogen-bond acceptors (Lipinski definition) is 14. The van der Waals surface area contributed by atoms with Crippen LogP contribution in [0.4, 0.5) is 0 Å². The molecule has 4 aliphatic heterocycles. The molecule has 4 bridgehead atoms. The zero-order valence-electron chi connectivity index (χ0n) is 45.8. The summed E-state index contributed by atoms with van der Waals surface area (Å²) in [6, 6.07) is 77.0. The van der Waals surface area contributed by atoms with E-state index in [1.54, 1.807) is 14.2 Å². The highest BCUT2D eigenvalue weighted by Gasteiger charge is 2.80. The van der Waals surface area contributed by atoms with Crippen LogP contribution in [0.5, 0.6) is 0 Å². The minimum absolute atomic E-state index is 0.491. The second-order valence-electron chi connectivity index (χ2n) is 21.2. The van der Waals surface area contributed by atoms with Gasteiger partial charge in [-0.3, -0.25) is 0 Å². The van der Waals surface area contributed by atoms with E-state index in [2.05, 4.69) is 39.3 Å². The summed E-state index contributed by atoms with van der Waals surface area (Å²) < 4.78 is 114. The van der Waals surface area contributed by atoms with Gasteiger partial charge in [0.2, 0.25) is 0 Å². The van der Waals surface area contributed by atoms with Gasteiger partial charge in [-0.2, -0.15) is 0 Å². The van der Waals surface area contributed by atoms with Crippen LogP contribution in [0.3, 0.4) is 0 Å². The van der Waals surface area contributed by atoms with Gasteiger partial charge in [0.25, 0.3) is 0 Å². The van der Waals surface area contributed by atoms with Crippen molar-refractivity contribution < 1.29 is 58.2 Å². The topological polar surface area (TPSA) is 129 Å². The Balaban J connectivity index is 1.42. The molecule has 12 rings (SSSR count). The largest absolute Gasteiger partial charge is 0.522 e. The fourth-order valence-electron chi connectivity index (χ4n) is 9.83. The molecule has 4 heterocycles. The van der Waals surface area contributed by atoms with Crippen molar-refractivity contribution in [2.45, 2.75) is 39.3 Å². The third kappa shape index (κ3) is 11.2. The van der Waals surface area contributed by atoms with E-state index < -0.39 is 87.1 Å². The lowest BCUT2D eigenvalue weighted by atomic mass is 10.4. The number of hydrogen-bond donors (Lipinski definition) is 0. The average Bonchev–Trinajstić information content (AvgIpc) is 3.66. The van der Waals surface area contributed by atoms with Crippen LogP contribution < -0.4 is 41.5 Å². The van der Waals surface area contributed by atoms with E-state index in [0.29, 0.717) is 41.5 Å². The van der Waals surface area contributed by atoms with Crippen LogP contribution in [-0.2, 0) is 58.2 Å². The monoisotopic (exact) mass is 1240 g/mol. The summed E-state index contributed by atoms with van der Waals surface area (Å²) in [6.07, 6.45) is 0. The molecule has 14 nitrogen and oxygen atoms in total. The van der Waals surface area contributed by atoms with E-state index in [1.807, 2.05) is 243 Å². The fraction of sp³-hybridized carbons (Fsp3) is 0.143. The Labute approximate surface area is 479 Å². The first-order chi connectivity index (χ1) is 38.4. The van der Waals surface area contributed by atoms with Crippen molar-refractivity contribution >= 4 is 129 Å². The summed E-state index contributed by atoms with van der Waals surface area (Å²) >= 11 is 0. The van der Waals surface area contributed by atoms with E-state index >= 15 is 0 Å². The van der Waals surface area contributed by atoms with E-state index in [4.69, 9.17) is 58.2 Å². The molecule has 4 fully saturated rings. The Morgan fingerprint density at radius 3 is 0.562 bits per heavy atom. The van der Waals surface area contributed by atoms with E-state index in [1.165, 1.54) is 0 Å². The van der Waals surface area contributed by atoms with Gasteiger partial charge in [-0.15, -0.1) is 0 Å². The molecule has 0 amide bonds. The molecule has 8 aromatic rings. The summed E-state index contributed by atoms with van der Waals surface area (Å²) in [6.45, 7) is 12.6. The molecule has 0 spiro atoms. The number of rotatable bonds is 14. The van der Waals surface area contributed by atoms with Gasteiger partial charge in [0.15, 0.2) is 16.6 Å². The second-order valence-corrected chi connectivity index (χ2v) is 53.8. The Kier molecular flexibility index (Phi) is 16.1. The molecular weight excluding hydrogens is 1180 g/mol. The lowest BCUT2D eigenvalue weighted by molar-refractivity contribution is 0.0388. The van der Waals surface area contributed by atoms with Gasteiger partial charge in [-0.1, -0.05) is 243 Å². The highest BCUT2D eigenvalue weighted by atomic mass is 28.6. The Morgan fingerprint density at radius 2 is 0.388 bits per heavy atom. The van der Waals surface area contributed by atoms with Crippen molar-refractivity contribution in [3.05, 3.63) is 243 Å². The molecule has 0 aromatic heterocycles. The first kappa shape index (κ1) is 57.2. The van der Waals surface area contributed by atoms with Crippen molar-refractivity contribution in [3.8, 4) is 0 Å². The summed E-state index contributed by atoms with van der Waals surface area (Å²) in [7, 11) is -42.1. The van der Waals surface area contributed by atoms with Crippen LogP contribution in [0, 0.1) is 0 Å². The maximum Gasteiger partial charge on any atom is 0.522 e. The molecule has 24 heteroatoms. The Hall–Kier alpha value is -4.63. The molecule has 4 aliphatic rings. The smallest absolute Gasteiger partial charge is 0.413 e. The van der Waals surface area contributed by atoms with Gasteiger partial charge in [0, 0.05) is 55.7 Å². The van der Waals surface area contributed by atoms with Gasteiger partial charge in [0.1, 0.15) is 0 Å². The van der Waals surface area contributed by atoms with Crippen LogP contribution in [0.25, 0.3) is 0 Å². The van der Waals surface area contributed by atoms with Crippen LogP contribution in [0.1, 0.15) is 0 Å². The van der Waals surface area contributed by atoms with Crippen molar-refractivity contribution in [3.63, 3.8) is 0 Å². The van der Waals surface area contributed by atoms with Gasteiger partial charge >= 0.3 is 70.4 Å². The molecular formula is C56H64O14Si10. The molecule has 0 aliphatic carbocycles. The summed E-state index contributed by atoms with van der Waals surface area (Å²) in [5, 5.41) is 4.25. The zero-order valence-corrected chi connectivity index (χ0v) is 55.8. The molecule has 0 N–H and O–H groups in total. The van der Waals surface area contributed by atoms with Crippen molar-refractivity contribution in [2.75, 3.05) is 14.2 Å². The zero-order chi connectivity index (χ0) is 55.8. The van der Waals surface area contributed by atoms with Crippen LogP contribution in [0.2, 0.25) is 39.3 Å². The number of fused-ring (bicyclic) bond motifs is 4. The van der Waals surface area contributed by atoms with Gasteiger partial charge in [-0.05, 0) is 39.3 Å². The minimum Gasteiger partial charge on any atom is -0.413 e. The third-order valence-corrected chi connectivity index (χ3v) is 51.1. The summed E-state index contributed by atoms with van der Waals surface area (Å²) in [4.78, 5) is 0. The Bertz CT molecular complexity index is 3000. The molecule has 8 aromatic carbocycles. The SMILES string of the molecule is CO[Si]1(c2ccccc2)O[Si]2(c3ccccc3)O[Si](O[Si](C)(C)C)(c3ccccc3)O[Si](c3ccccc3)(O1)O[Si]1(c3ccccc3)O[Si](OC)(c3ccccc3)O[Si](c3ccccc3)(O[Si](O[Si](C)(C)C)(c3ccccc3)O1)O2. The fourth-order valence-corrected chi connectivity index (χ4v) is 58.2. The van der Waals surface area contributed by atoms with Crippen LogP contribution in [0.15, 0.2) is 243 Å². The molecule has 4 atom stereocenters. The Morgan fingerprint density at radius 1 is 0.225 bits per heavy atom. The third-order valence-electron chi connectivity index (χ3n) is 13.1. The van der Waals surface area contributed by atoms with Gasteiger partial charge in [0.05, 0.1) is 0 Å². The van der Waals surface area contributed by atoms with Crippen LogP contribution in [-0.4, -0.2) is 101 Å². The quantitative estimate of drug-likeness (QED) is 0.119. The van der Waals surface area contributed by atoms with Crippen molar-refractivity contribution in [1.29, 1.82) is 0 Å². The van der Waals surface area contributed by atoms with Crippen molar-refractivity contribution in [2.24, 2.45) is 0 Å². The second kappa shape index (κ2) is 22.5. The number of benzene rings is 8. The predicted molar refractivity (Wildman–Crippen MR) is 328 cm³/mol. The molecule has 4 saturated heterocycles. The van der Waals surface area contributed by atoms with E-state index in [9.17, 15) is 0 Å². The van der Waals surface area contributed by atoms with E-state index in [-0.39, 0.29) is 0 Å². The van der Waals surface area contributed by atoms with E-state index in [0.717, 1.165) is 0 Å². The lowest BCUT2D eigenvalue weighted by Crippen LogP contribution is -2.90. The molecule has 412 valence electrons. The maximum atomic E-state index is 8.53. The molecule has 80 heavy (non-hydrogen) atoms. The minimum atomic E-state index is -5.14. The van der Waals surface area contributed by atoms with Crippen LogP contribution >= 0.6 is 0 Å². The summed E-state index contributed by atoms with van der Waals surface area (Å²) in [5.41, 5.74) is 0. The lowest BCUT2D eigenvalue weighted by Gasteiger charge is -2.57. The summed E-state index contributed by atoms with van der Waals surface area (Å²) in [5.74, 6) is 0. The molecule has 0 radical (unpaired) electrons. The normalized spacial score (nSPS) is 30.1. The highest BCUT2D eigenvalue weighted by molar-refractivity contribution is 7.10. The van der Waals surface area contributed by atoms with Gasteiger partial charge < -0.3 is 58.2 Å². The highest BCUT2D eigenvalue weighted by Crippen LogP contribution is 2.43. The maximum absolute atomic E-state index is 8.53.